The fourth-order valence-corrected chi connectivity index (χ4v) is 2.69. The number of ketones is 1. The number of esters is 1. The molecule has 0 saturated carbocycles. The number of pyridine rings is 1. The Balaban J connectivity index is 2.38. The van der Waals surface area contributed by atoms with Crippen LogP contribution in [0.25, 0.3) is 0 Å². The van der Waals surface area contributed by atoms with Crippen LogP contribution >= 0.6 is 34.5 Å². The Morgan fingerprint density at radius 3 is 2.54 bits per heavy atom. The summed E-state index contributed by atoms with van der Waals surface area (Å²) in [6, 6.07) is 0.666. The van der Waals surface area contributed by atoms with Crippen LogP contribution in [-0.2, 0) is 15.7 Å². The summed E-state index contributed by atoms with van der Waals surface area (Å²) in [7, 11) is 0. The van der Waals surface area contributed by atoms with Gasteiger partial charge in [0.05, 0.1) is 12.2 Å². The minimum atomic E-state index is -4.71. The van der Waals surface area contributed by atoms with E-state index in [4.69, 9.17) is 27.9 Å². The fraction of sp³-hybridized carbons (Fsp3) is 0.214. The average molecular weight is 459 g/mol. The third-order valence-electron chi connectivity index (χ3n) is 2.88. The number of nitrogens with one attached hydrogen (secondary N) is 1. The van der Waals surface area contributed by atoms with Crippen molar-refractivity contribution < 1.29 is 31.9 Å². The molecule has 2 heterocycles. The minimum Gasteiger partial charge on any atom is -0.462 e. The second-order valence-electron chi connectivity index (χ2n) is 4.76. The summed E-state index contributed by atoms with van der Waals surface area (Å²) in [5.41, 5.74) is -1.19. The molecule has 2 rings (SSSR count). The molecule has 0 radical (unpaired) electrons. The fourth-order valence-electron chi connectivity index (χ4n) is 1.71. The number of ether oxygens (including phenoxy) is 1. The molecule has 0 fully saturated rings. The van der Waals surface area contributed by atoms with Crippen molar-refractivity contribution in [2.45, 2.75) is 13.1 Å². The van der Waals surface area contributed by atoms with Crippen molar-refractivity contribution in [1.29, 1.82) is 0 Å². The summed E-state index contributed by atoms with van der Waals surface area (Å²) in [5, 5.41) is 5.78. The highest BCUT2D eigenvalue weighted by Gasteiger charge is 2.35. The van der Waals surface area contributed by atoms with E-state index in [2.05, 4.69) is 20.5 Å². The van der Waals surface area contributed by atoms with Crippen LogP contribution in [0.3, 0.4) is 0 Å². The van der Waals surface area contributed by atoms with E-state index >= 15 is 0 Å². The normalized spacial score (nSPS) is 12.0. The molecule has 2 aromatic heterocycles. The van der Waals surface area contributed by atoms with E-state index in [0.717, 1.165) is 6.20 Å². The highest BCUT2D eigenvalue weighted by Crippen LogP contribution is 2.33. The monoisotopic (exact) mass is 458 g/mol. The molecule has 0 aliphatic carbocycles. The van der Waals surface area contributed by atoms with E-state index in [0.29, 0.717) is 6.07 Å². The molecule has 7 nitrogen and oxygen atoms in total. The number of hydrogen-bond acceptors (Lipinski definition) is 8. The average Bonchev–Trinajstić information content (AvgIpc) is 3.07. The number of aromatic nitrogens is 3. The lowest BCUT2D eigenvalue weighted by Crippen LogP contribution is -2.18. The molecule has 0 bridgehead atoms. The SMILES string of the molecule is CCOC(=O)/C(=C\Nc1nnc(C(F)(F)F)s1)C(=O)c1cc(F)c(Cl)nc1Cl. The van der Waals surface area contributed by atoms with E-state index in [-0.39, 0.29) is 23.1 Å². The standard InChI is InChI=1S/C14H8Cl2F4N4O3S/c1-2-27-11(26)6(4-21-13-24-23-12(28-13)14(18,19)20)8(25)5-3-7(17)10(16)22-9(5)15/h3-4H,2H2,1H3,(H,21,24)/b6-4-. The van der Waals surface area contributed by atoms with Gasteiger partial charge in [0.25, 0.3) is 0 Å². The van der Waals surface area contributed by atoms with Gasteiger partial charge >= 0.3 is 12.1 Å². The van der Waals surface area contributed by atoms with Crippen LogP contribution in [0.15, 0.2) is 17.8 Å². The molecule has 0 amide bonds. The maximum absolute atomic E-state index is 13.6. The molecule has 0 saturated heterocycles. The quantitative estimate of drug-likeness (QED) is 0.132. The van der Waals surface area contributed by atoms with Crippen molar-refractivity contribution in [2.24, 2.45) is 0 Å². The van der Waals surface area contributed by atoms with Crippen LogP contribution in [0, 0.1) is 5.82 Å². The third kappa shape index (κ3) is 5.14. The zero-order valence-electron chi connectivity index (χ0n) is 13.6. The summed E-state index contributed by atoms with van der Waals surface area (Å²) in [6.45, 7) is 1.35. The van der Waals surface area contributed by atoms with Gasteiger partial charge in [-0.15, -0.1) is 10.2 Å². The molecule has 1 N–H and O–H groups in total. The molecule has 0 aliphatic rings. The summed E-state index contributed by atoms with van der Waals surface area (Å²) in [6.07, 6.45) is -3.95. The van der Waals surface area contributed by atoms with Gasteiger partial charge in [-0.1, -0.05) is 34.5 Å². The molecule has 150 valence electrons. The first-order valence-electron chi connectivity index (χ1n) is 7.15. The first-order valence-corrected chi connectivity index (χ1v) is 8.72. The van der Waals surface area contributed by atoms with Gasteiger partial charge in [-0.2, -0.15) is 13.2 Å². The number of carbonyl (C=O) groups is 2. The van der Waals surface area contributed by atoms with E-state index in [1.54, 1.807) is 0 Å². The van der Waals surface area contributed by atoms with E-state index in [9.17, 15) is 27.2 Å². The highest BCUT2D eigenvalue weighted by molar-refractivity contribution is 7.15. The van der Waals surface area contributed by atoms with Crippen molar-refractivity contribution in [1.82, 2.24) is 15.2 Å². The van der Waals surface area contributed by atoms with Gasteiger partial charge in [-0.25, -0.2) is 14.2 Å². The second kappa shape index (κ2) is 8.80. The molecule has 28 heavy (non-hydrogen) atoms. The number of rotatable bonds is 6. The molecule has 0 aliphatic heterocycles. The summed E-state index contributed by atoms with van der Waals surface area (Å²) < 4.78 is 56.0. The summed E-state index contributed by atoms with van der Waals surface area (Å²) in [5.74, 6) is -3.30. The lowest BCUT2D eigenvalue weighted by Gasteiger charge is -2.08. The zero-order valence-corrected chi connectivity index (χ0v) is 15.9. The molecule has 14 heteroatoms. The Bertz CT molecular complexity index is 949. The highest BCUT2D eigenvalue weighted by atomic mass is 35.5. The predicted octanol–water partition coefficient (Wildman–Crippen LogP) is 4.14. The topological polar surface area (TPSA) is 94.1 Å². The Morgan fingerprint density at radius 2 is 1.96 bits per heavy atom. The van der Waals surface area contributed by atoms with Crippen LogP contribution in [0.4, 0.5) is 22.7 Å². The summed E-state index contributed by atoms with van der Waals surface area (Å²) in [4.78, 5) is 28.1. The lowest BCUT2D eigenvalue weighted by molar-refractivity contribution is -0.138. The zero-order chi connectivity index (χ0) is 21.1. The molecule has 0 atom stereocenters. The lowest BCUT2D eigenvalue weighted by atomic mass is 10.1. The second-order valence-corrected chi connectivity index (χ2v) is 6.45. The van der Waals surface area contributed by atoms with E-state index in [1.165, 1.54) is 6.92 Å². The van der Waals surface area contributed by atoms with Gasteiger partial charge in [0.15, 0.2) is 11.0 Å². The first kappa shape index (κ1) is 22.0. The number of halogens is 6. The van der Waals surface area contributed by atoms with Crippen molar-refractivity contribution in [3.63, 3.8) is 0 Å². The molecular formula is C14H8Cl2F4N4O3S. The number of hydrogen-bond donors (Lipinski definition) is 1. The molecule has 0 unspecified atom stereocenters. The van der Waals surface area contributed by atoms with Crippen molar-refractivity contribution in [2.75, 3.05) is 11.9 Å². The maximum atomic E-state index is 13.6. The predicted molar refractivity (Wildman–Crippen MR) is 91.8 cm³/mol. The Hall–Kier alpha value is -2.31. The van der Waals surface area contributed by atoms with E-state index < -0.39 is 50.2 Å². The number of alkyl halides is 3. The summed E-state index contributed by atoms with van der Waals surface area (Å²) >= 11 is 11.4. The van der Waals surface area contributed by atoms with Gasteiger partial charge < -0.3 is 10.1 Å². The Kier molecular flexibility index (Phi) is 6.91. The van der Waals surface area contributed by atoms with Crippen LogP contribution in [0.2, 0.25) is 10.3 Å². The van der Waals surface area contributed by atoms with Crippen molar-refractivity contribution in [3.8, 4) is 0 Å². The van der Waals surface area contributed by atoms with Gasteiger partial charge in [-0.3, -0.25) is 4.79 Å². The van der Waals surface area contributed by atoms with Gasteiger partial charge in [0, 0.05) is 6.20 Å². The van der Waals surface area contributed by atoms with Crippen molar-refractivity contribution >= 4 is 51.4 Å². The third-order valence-corrected chi connectivity index (χ3v) is 4.33. The Labute approximate surface area is 168 Å². The molecular weight excluding hydrogens is 451 g/mol. The van der Waals surface area contributed by atoms with Crippen molar-refractivity contribution in [3.05, 3.63) is 44.5 Å². The van der Waals surface area contributed by atoms with Crippen LogP contribution in [0.1, 0.15) is 22.3 Å². The van der Waals surface area contributed by atoms with Crippen LogP contribution < -0.4 is 5.32 Å². The van der Waals surface area contributed by atoms with E-state index in [1.807, 2.05) is 0 Å². The maximum Gasteiger partial charge on any atom is 0.445 e. The first-order chi connectivity index (χ1) is 13.0. The molecule has 0 aromatic carbocycles. The molecule has 2 aromatic rings. The van der Waals surface area contributed by atoms with Crippen LogP contribution in [-0.4, -0.2) is 33.5 Å². The number of carbonyl (C=O) groups excluding carboxylic acids is 2. The smallest absolute Gasteiger partial charge is 0.445 e. The number of nitrogens with zero attached hydrogens (tertiary/aromatic N) is 3. The van der Waals surface area contributed by atoms with Gasteiger partial charge in [-0.05, 0) is 13.0 Å². The largest absolute Gasteiger partial charge is 0.462 e. The van der Waals surface area contributed by atoms with Gasteiger partial charge in [0.2, 0.25) is 15.9 Å². The van der Waals surface area contributed by atoms with Gasteiger partial charge in [0.1, 0.15) is 10.7 Å². The molecule has 0 spiro atoms. The Morgan fingerprint density at radius 1 is 1.29 bits per heavy atom. The number of Topliss-reactive ketones (excluding diaryl/α,β-unsaturated/α-hetero) is 1. The number of anilines is 1. The minimum absolute atomic E-state index is 0.110. The van der Waals surface area contributed by atoms with Crippen LogP contribution in [0.5, 0.6) is 0 Å².